The van der Waals surface area contributed by atoms with Crippen molar-refractivity contribution in [3.05, 3.63) is 261 Å². The zero-order chi connectivity index (χ0) is 47.3. The third-order valence-electron chi connectivity index (χ3n) is 14.8. The number of para-hydroxylation sites is 4. The number of hydrogen-bond donors (Lipinski definition) is 0. The van der Waals surface area contributed by atoms with Gasteiger partial charge < -0.3 is 13.7 Å². The van der Waals surface area contributed by atoms with Crippen LogP contribution in [0.4, 0.5) is 0 Å². The van der Waals surface area contributed by atoms with Gasteiger partial charge in [0.2, 0.25) is 0 Å². The number of pyridine rings is 1. The molecule has 0 radical (unpaired) electrons. The summed E-state index contributed by atoms with van der Waals surface area (Å²) in [5, 5.41) is 7.37. The Morgan fingerprint density at radius 2 is 0.611 bits per heavy atom. The third kappa shape index (κ3) is 6.17. The standard InChI is InChI=1S/C67H43N5/c1-4-16-45(17-5-1)67-66(68-65-26-14-15-39-69(65)67)44-27-33-52(34-28-44)72-63-37-31-48(46-29-35-61-55(40-46)53-22-10-12-24-59(53)70(61)50-18-6-2-7-19-50)42-57(63)58-43-49(32-38-64(58)72)47-30-36-62-56(41-47)54-23-11-13-25-60(54)71(62)51-20-8-3-9-21-51/h1-43H. The van der Waals surface area contributed by atoms with Gasteiger partial charge in [0.25, 0.3) is 0 Å². The minimum Gasteiger partial charge on any atom is -0.309 e. The molecule has 5 heteroatoms. The Hall–Kier alpha value is -9.71. The minimum absolute atomic E-state index is 0.923. The van der Waals surface area contributed by atoms with E-state index >= 15 is 0 Å². The highest BCUT2D eigenvalue weighted by molar-refractivity contribution is 6.14. The average Bonchev–Trinajstić information content (AvgIpc) is 4.20. The van der Waals surface area contributed by atoms with Gasteiger partial charge >= 0.3 is 0 Å². The second-order valence-corrected chi connectivity index (χ2v) is 18.8. The molecule has 0 unspecified atom stereocenters. The van der Waals surface area contributed by atoms with Gasteiger partial charge in [-0.2, -0.15) is 0 Å². The van der Waals surface area contributed by atoms with Crippen LogP contribution in [0.2, 0.25) is 0 Å². The van der Waals surface area contributed by atoms with E-state index in [0.717, 1.165) is 56.3 Å². The van der Waals surface area contributed by atoms with Crippen molar-refractivity contribution >= 4 is 71.1 Å². The summed E-state index contributed by atoms with van der Waals surface area (Å²) in [6.45, 7) is 0. The number of nitrogens with zero attached hydrogens (tertiary/aromatic N) is 5. The summed E-state index contributed by atoms with van der Waals surface area (Å²) >= 11 is 0. The zero-order valence-corrected chi connectivity index (χ0v) is 39.1. The first kappa shape index (κ1) is 40.2. The normalized spacial score (nSPS) is 11.9. The van der Waals surface area contributed by atoms with E-state index in [1.807, 2.05) is 0 Å². The van der Waals surface area contributed by atoms with Crippen molar-refractivity contribution in [1.82, 2.24) is 23.1 Å². The molecule has 5 aromatic heterocycles. The van der Waals surface area contributed by atoms with E-state index in [1.165, 1.54) is 76.6 Å². The maximum Gasteiger partial charge on any atom is 0.137 e. The molecule has 0 N–H and O–H groups in total. The molecular weight excluding hydrogens is 875 g/mol. The zero-order valence-electron chi connectivity index (χ0n) is 39.1. The van der Waals surface area contributed by atoms with E-state index in [2.05, 4.69) is 279 Å². The van der Waals surface area contributed by atoms with Gasteiger partial charge in [0.1, 0.15) is 5.65 Å². The summed E-state index contributed by atoms with van der Waals surface area (Å²) < 4.78 is 9.38. The first-order chi connectivity index (χ1) is 35.7. The largest absolute Gasteiger partial charge is 0.309 e. The second-order valence-electron chi connectivity index (χ2n) is 18.8. The van der Waals surface area contributed by atoms with E-state index < -0.39 is 0 Å². The molecule has 0 atom stereocenters. The van der Waals surface area contributed by atoms with Crippen molar-refractivity contribution in [3.63, 3.8) is 0 Å². The van der Waals surface area contributed by atoms with Crippen molar-refractivity contribution < 1.29 is 0 Å². The van der Waals surface area contributed by atoms with Crippen LogP contribution in [-0.4, -0.2) is 23.1 Å². The number of imidazole rings is 1. The molecule has 0 aliphatic rings. The fourth-order valence-electron chi connectivity index (χ4n) is 11.5. The van der Waals surface area contributed by atoms with Crippen molar-refractivity contribution in [3.8, 4) is 61.8 Å². The SMILES string of the molecule is c1ccc(-c2c(-c3ccc(-n4c5ccc(-c6ccc7c(c6)c6ccccc6n7-c6ccccc6)cc5c5cc(-c6ccc7c(c6)c6ccccc6n7-c6ccccc6)ccc54)cc3)nc3ccccn23)cc1. The lowest BCUT2D eigenvalue weighted by Gasteiger charge is -2.11. The van der Waals surface area contributed by atoms with Gasteiger partial charge in [0.15, 0.2) is 0 Å². The summed E-state index contributed by atoms with van der Waals surface area (Å²) in [7, 11) is 0. The van der Waals surface area contributed by atoms with Crippen LogP contribution in [0.15, 0.2) is 261 Å². The summed E-state index contributed by atoms with van der Waals surface area (Å²) in [6.07, 6.45) is 2.10. The van der Waals surface area contributed by atoms with Crippen LogP contribution in [0.3, 0.4) is 0 Å². The van der Waals surface area contributed by atoms with Gasteiger partial charge in [0.05, 0.1) is 44.5 Å². The Balaban J connectivity index is 0.911. The minimum atomic E-state index is 0.923. The second kappa shape index (κ2) is 15.9. The summed E-state index contributed by atoms with van der Waals surface area (Å²) in [5.41, 5.74) is 20.4. The maximum absolute atomic E-state index is 5.19. The fourth-order valence-corrected chi connectivity index (χ4v) is 11.5. The Morgan fingerprint density at radius 3 is 1.08 bits per heavy atom. The highest BCUT2D eigenvalue weighted by Gasteiger charge is 2.20. The molecule has 15 aromatic rings. The predicted molar refractivity (Wildman–Crippen MR) is 300 cm³/mol. The lowest BCUT2D eigenvalue weighted by molar-refractivity contribution is 1.18. The van der Waals surface area contributed by atoms with Crippen molar-refractivity contribution in [2.75, 3.05) is 0 Å². The molecule has 0 bridgehead atoms. The average molecular weight is 918 g/mol. The van der Waals surface area contributed by atoms with E-state index in [4.69, 9.17) is 4.98 Å². The van der Waals surface area contributed by atoms with Gasteiger partial charge in [-0.25, -0.2) is 4.98 Å². The van der Waals surface area contributed by atoms with E-state index in [-0.39, 0.29) is 0 Å². The Kier molecular flexibility index (Phi) is 8.89. The van der Waals surface area contributed by atoms with Gasteiger partial charge in [-0.3, -0.25) is 4.40 Å². The molecule has 0 aliphatic heterocycles. The van der Waals surface area contributed by atoms with Crippen LogP contribution in [-0.2, 0) is 0 Å². The van der Waals surface area contributed by atoms with Crippen LogP contribution >= 0.6 is 0 Å². The number of rotatable bonds is 7. The smallest absolute Gasteiger partial charge is 0.137 e. The fraction of sp³-hybridized carbons (Fsp3) is 0. The molecular formula is C67H43N5. The highest BCUT2D eigenvalue weighted by Crippen LogP contribution is 2.42. The molecule has 0 saturated heterocycles. The summed E-state index contributed by atoms with van der Waals surface area (Å²) in [6, 6.07) is 92.6. The lowest BCUT2D eigenvalue weighted by Crippen LogP contribution is -1.94. The van der Waals surface area contributed by atoms with Crippen LogP contribution in [0.1, 0.15) is 0 Å². The number of fused-ring (bicyclic) bond motifs is 10. The molecule has 0 aliphatic carbocycles. The molecule has 0 fully saturated rings. The Bertz CT molecular complexity index is 4380. The van der Waals surface area contributed by atoms with Crippen molar-refractivity contribution in [2.24, 2.45) is 0 Å². The van der Waals surface area contributed by atoms with Gasteiger partial charge in [-0.05, 0) is 131 Å². The van der Waals surface area contributed by atoms with E-state index in [0.29, 0.717) is 0 Å². The number of aromatic nitrogens is 5. The van der Waals surface area contributed by atoms with Crippen molar-refractivity contribution in [1.29, 1.82) is 0 Å². The Morgan fingerprint density at radius 1 is 0.250 bits per heavy atom. The summed E-state index contributed by atoms with van der Waals surface area (Å²) in [5.74, 6) is 0. The molecule has 10 aromatic carbocycles. The van der Waals surface area contributed by atoms with E-state index in [9.17, 15) is 0 Å². The third-order valence-corrected chi connectivity index (χ3v) is 14.8. The molecule has 0 saturated carbocycles. The molecule has 336 valence electrons. The summed E-state index contributed by atoms with van der Waals surface area (Å²) in [4.78, 5) is 5.19. The van der Waals surface area contributed by atoms with Crippen LogP contribution in [0, 0.1) is 0 Å². The number of hydrogen-bond acceptors (Lipinski definition) is 1. The molecule has 5 heterocycles. The molecule has 15 rings (SSSR count). The molecule has 72 heavy (non-hydrogen) atoms. The van der Waals surface area contributed by atoms with Gasteiger partial charge in [-0.1, -0.05) is 146 Å². The first-order valence-corrected chi connectivity index (χ1v) is 24.6. The first-order valence-electron chi connectivity index (χ1n) is 24.6. The predicted octanol–water partition coefficient (Wildman–Crippen LogP) is 17.3. The lowest BCUT2D eigenvalue weighted by atomic mass is 9.98. The molecule has 5 nitrogen and oxygen atoms in total. The highest BCUT2D eigenvalue weighted by atomic mass is 15.0. The topological polar surface area (TPSA) is 32.1 Å². The number of benzene rings is 10. The van der Waals surface area contributed by atoms with Crippen LogP contribution in [0.25, 0.3) is 133 Å². The van der Waals surface area contributed by atoms with Gasteiger partial charge in [0, 0.05) is 66.7 Å². The van der Waals surface area contributed by atoms with Crippen molar-refractivity contribution in [2.45, 2.75) is 0 Å². The maximum atomic E-state index is 5.19. The molecule has 0 spiro atoms. The van der Waals surface area contributed by atoms with E-state index in [1.54, 1.807) is 0 Å². The Labute approximate surface area is 415 Å². The molecule has 0 amide bonds. The monoisotopic (exact) mass is 917 g/mol. The van der Waals surface area contributed by atoms with Gasteiger partial charge in [-0.15, -0.1) is 0 Å². The van der Waals surface area contributed by atoms with Crippen LogP contribution in [0.5, 0.6) is 0 Å². The quantitative estimate of drug-likeness (QED) is 0.157. The van der Waals surface area contributed by atoms with Crippen LogP contribution < -0.4 is 0 Å².